The molecule has 2 fully saturated rings. The number of nitrogens with zero attached hydrogens (tertiary/aromatic N) is 2. The standard InChI is InChI=1S/C10H17N3O2S/c1-2-9(5-11)16(14,15)13-4-3-8-6-12-7-10(8)13/h8-10,12H,2-4,6-7H2,1H3/t8-,9?,10+/m0/s1. The summed E-state index contributed by atoms with van der Waals surface area (Å²) in [6.45, 7) is 3.95. The van der Waals surface area contributed by atoms with Gasteiger partial charge in [-0.05, 0) is 25.3 Å². The summed E-state index contributed by atoms with van der Waals surface area (Å²) in [5, 5.41) is 11.2. The first kappa shape index (κ1) is 11.8. The zero-order chi connectivity index (χ0) is 11.8. The summed E-state index contributed by atoms with van der Waals surface area (Å²) in [5.41, 5.74) is 0. The van der Waals surface area contributed by atoms with Crippen molar-refractivity contribution in [1.29, 1.82) is 5.26 Å². The minimum Gasteiger partial charge on any atom is -0.315 e. The van der Waals surface area contributed by atoms with Gasteiger partial charge in [-0.1, -0.05) is 6.92 Å². The smallest absolute Gasteiger partial charge is 0.230 e. The third kappa shape index (κ3) is 1.73. The van der Waals surface area contributed by atoms with Gasteiger partial charge >= 0.3 is 0 Å². The molecule has 0 saturated carbocycles. The van der Waals surface area contributed by atoms with Gasteiger partial charge in [-0.2, -0.15) is 9.57 Å². The summed E-state index contributed by atoms with van der Waals surface area (Å²) >= 11 is 0. The molecule has 0 amide bonds. The van der Waals surface area contributed by atoms with Crippen molar-refractivity contribution < 1.29 is 8.42 Å². The maximum Gasteiger partial charge on any atom is 0.230 e. The lowest BCUT2D eigenvalue weighted by Crippen LogP contribution is -2.43. The number of rotatable bonds is 3. The van der Waals surface area contributed by atoms with E-state index in [2.05, 4.69) is 5.32 Å². The van der Waals surface area contributed by atoms with Crippen molar-refractivity contribution in [3.8, 4) is 6.07 Å². The molecule has 3 atom stereocenters. The molecular formula is C10H17N3O2S. The molecule has 90 valence electrons. The van der Waals surface area contributed by atoms with Crippen LogP contribution >= 0.6 is 0 Å². The first-order chi connectivity index (χ1) is 7.61. The SMILES string of the molecule is CCC(C#N)S(=O)(=O)N1CC[C@H]2CNC[C@H]21. The molecule has 0 aromatic heterocycles. The average molecular weight is 243 g/mol. The Labute approximate surface area is 96.5 Å². The van der Waals surface area contributed by atoms with Gasteiger partial charge in [0.25, 0.3) is 0 Å². The first-order valence-electron chi connectivity index (χ1n) is 5.72. The molecule has 2 saturated heterocycles. The zero-order valence-corrected chi connectivity index (χ0v) is 10.2. The lowest BCUT2D eigenvalue weighted by Gasteiger charge is -2.24. The number of nitriles is 1. The van der Waals surface area contributed by atoms with Crippen LogP contribution in [0.15, 0.2) is 0 Å². The Bertz CT molecular complexity index is 401. The Morgan fingerprint density at radius 3 is 2.94 bits per heavy atom. The van der Waals surface area contributed by atoms with Gasteiger partial charge in [0.15, 0.2) is 5.25 Å². The summed E-state index contributed by atoms with van der Waals surface area (Å²) in [4.78, 5) is 0. The van der Waals surface area contributed by atoms with Gasteiger partial charge < -0.3 is 5.32 Å². The van der Waals surface area contributed by atoms with Gasteiger partial charge in [0.05, 0.1) is 6.07 Å². The maximum absolute atomic E-state index is 12.2. The van der Waals surface area contributed by atoms with Crippen LogP contribution in [-0.4, -0.2) is 43.6 Å². The molecule has 0 aromatic carbocycles. The predicted octanol–water partition coefficient (Wildman–Crippen LogP) is -0.0879. The number of hydrogen-bond donors (Lipinski definition) is 1. The molecule has 0 aliphatic carbocycles. The second kappa shape index (κ2) is 4.32. The van der Waals surface area contributed by atoms with Gasteiger partial charge in [-0.25, -0.2) is 8.42 Å². The van der Waals surface area contributed by atoms with Crippen molar-refractivity contribution >= 4 is 10.0 Å². The van der Waals surface area contributed by atoms with Crippen LogP contribution < -0.4 is 5.32 Å². The van der Waals surface area contributed by atoms with E-state index in [0.717, 1.165) is 19.5 Å². The van der Waals surface area contributed by atoms with E-state index in [1.54, 1.807) is 11.2 Å². The lowest BCUT2D eigenvalue weighted by molar-refractivity contribution is 0.379. The minimum absolute atomic E-state index is 0.0763. The third-order valence-electron chi connectivity index (χ3n) is 3.60. The van der Waals surface area contributed by atoms with Crippen LogP contribution in [-0.2, 0) is 10.0 Å². The highest BCUT2D eigenvalue weighted by Crippen LogP contribution is 2.31. The fraction of sp³-hybridized carbons (Fsp3) is 0.900. The Balaban J connectivity index is 2.22. The van der Waals surface area contributed by atoms with E-state index in [4.69, 9.17) is 5.26 Å². The number of hydrogen-bond acceptors (Lipinski definition) is 4. The van der Waals surface area contributed by atoms with Crippen molar-refractivity contribution in [3.05, 3.63) is 0 Å². The van der Waals surface area contributed by atoms with Crippen LogP contribution in [0.1, 0.15) is 19.8 Å². The summed E-state index contributed by atoms with van der Waals surface area (Å²) in [5.74, 6) is 0.436. The number of sulfonamides is 1. The van der Waals surface area contributed by atoms with Crippen LogP contribution in [0.25, 0.3) is 0 Å². The monoisotopic (exact) mass is 243 g/mol. The largest absolute Gasteiger partial charge is 0.315 e. The van der Waals surface area contributed by atoms with Gasteiger partial charge in [0.2, 0.25) is 10.0 Å². The number of nitrogens with one attached hydrogen (secondary N) is 1. The molecule has 1 N–H and O–H groups in total. The zero-order valence-electron chi connectivity index (χ0n) is 9.39. The average Bonchev–Trinajstić information content (AvgIpc) is 2.78. The van der Waals surface area contributed by atoms with Crippen molar-refractivity contribution in [1.82, 2.24) is 9.62 Å². The molecule has 16 heavy (non-hydrogen) atoms. The molecule has 1 unspecified atom stereocenters. The second-order valence-corrected chi connectivity index (χ2v) is 6.52. The highest BCUT2D eigenvalue weighted by Gasteiger charge is 2.45. The van der Waals surface area contributed by atoms with E-state index < -0.39 is 15.3 Å². The van der Waals surface area contributed by atoms with E-state index in [1.165, 1.54) is 0 Å². The maximum atomic E-state index is 12.2. The molecule has 2 heterocycles. The van der Waals surface area contributed by atoms with E-state index in [0.29, 0.717) is 18.9 Å². The normalized spacial score (nSPS) is 32.2. The van der Waals surface area contributed by atoms with Crippen molar-refractivity contribution in [3.63, 3.8) is 0 Å². The van der Waals surface area contributed by atoms with E-state index >= 15 is 0 Å². The highest BCUT2D eigenvalue weighted by molar-refractivity contribution is 7.90. The second-order valence-electron chi connectivity index (χ2n) is 4.46. The molecule has 2 aliphatic heterocycles. The summed E-state index contributed by atoms with van der Waals surface area (Å²) in [6.07, 6.45) is 1.28. The third-order valence-corrected chi connectivity index (χ3v) is 5.86. The molecule has 2 aliphatic rings. The molecular weight excluding hydrogens is 226 g/mol. The summed E-state index contributed by atoms with van der Waals surface area (Å²) in [7, 11) is -3.42. The Morgan fingerprint density at radius 2 is 2.31 bits per heavy atom. The molecule has 2 rings (SSSR count). The van der Waals surface area contributed by atoms with Crippen LogP contribution in [0.3, 0.4) is 0 Å². The Kier molecular flexibility index (Phi) is 3.19. The van der Waals surface area contributed by atoms with Crippen LogP contribution in [0.5, 0.6) is 0 Å². The van der Waals surface area contributed by atoms with E-state index in [1.807, 2.05) is 6.07 Å². The molecule has 5 nitrogen and oxygen atoms in total. The quantitative estimate of drug-likeness (QED) is 0.752. The summed E-state index contributed by atoms with van der Waals surface area (Å²) < 4.78 is 26.0. The topological polar surface area (TPSA) is 73.2 Å². The predicted molar refractivity (Wildman–Crippen MR) is 60.1 cm³/mol. The lowest BCUT2D eigenvalue weighted by atomic mass is 10.1. The molecule has 0 spiro atoms. The van der Waals surface area contributed by atoms with Gasteiger partial charge in [-0.15, -0.1) is 0 Å². The molecule has 0 bridgehead atoms. The Morgan fingerprint density at radius 1 is 1.56 bits per heavy atom. The molecule has 0 aromatic rings. The molecule has 0 radical (unpaired) electrons. The number of fused-ring (bicyclic) bond motifs is 1. The highest BCUT2D eigenvalue weighted by atomic mass is 32.2. The van der Waals surface area contributed by atoms with Gasteiger partial charge in [0, 0.05) is 19.1 Å². The Hall–Kier alpha value is -0.640. The van der Waals surface area contributed by atoms with Gasteiger partial charge in [0.1, 0.15) is 0 Å². The fourth-order valence-corrected chi connectivity index (χ4v) is 4.52. The fourth-order valence-electron chi connectivity index (χ4n) is 2.66. The van der Waals surface area contributed by atoms with Crippen molar-refractivity contribution in [2.24, 2.45) is 5.92 Å². The van der Waals surface area contributed by atoms with Crippen LogP contribution in [0, 0.1) is 17.2 Å². The van der Waals surface area contributed by atoms with Crippen molar-refractivity contribution in [2.45, 2.75) is 31.1 Å². The minimum atomic E-state index is -3.42. The van der Waals surface area contributed by atoms with Gasteiger partial charge in [-0.3, -0.25) is 0 Å². The van der Waals surface area contributed by atoms with Crippen LogP contribution in [0.4, 0.5) is 0 Å². The molecule has 6 heteroatoms. The first-order valence-corrected chi connectivity index (χ1v) is 7.22. The van der Waals surface area contributed by atoms with E-state index in [-0.39, 0.29) is 6.04 Å². The van der Waals surface area contributed by atoms with Crippen molar-refractivity contribution in [2.75, 3.05) is 19.6 Å². The van der Waals surface area contributed by atoms with E-state index in [9.17, 15) is 8.42 Å². The summed E-state index contributed by atoms with van der Waals surface area (Å²) in [6, 6.07) is 1.98. The van der Waals surface area contributed by atoms with Crippen LogP contribution in [0.2, 0.25) is 0 Å².